The van der Waals surface area contributed by atoms with Gasteiger partial charge in [0, 0.05) is 18.5 Å². The van der Waals surface area contributed by atoms with Crippen molar-refractivity contribution in [3.63, 3.8) is 0 Å². The van der Waals surface area contributed by atoms with E-state index in [4.69, 9.17) is 0 Å². The Morgan fingerprint density at radius 2 is 2.19 bits per heavy atom. The molecule has 1 aromatic heterocycles. The van der Waals surface area contributed by atoms with Gasteiger partial charge in [0.2, 0.25) is 0 Å². The molecule has 3 nitrogen and oxygen atoms in total. The van der Waals surface area contributed by atoms with E-state index in [0.717, 1.165) is 30.7 Å². The second-order valence-electron chi connectivity index (χ2n) is 4.36. The molecule has 3 heteroatoms. The molecule has 0 unspecified atom stereocenters. The molecule has 0 saturated heterocycles. The highest BCUT2D eigenvalue weighted by Crippen LogP contribution is 2.26. The Morgan fingerprint density at radius 3 is 3.00 bits per heavy atom. The first-order valence-electron chi connectivity index (χ1n) is 5.65. The van der Waals surface area contributed by atoms with Gasteiger partial charge in [-0.1, -0.05) is 24.3 Å². The van der Waals surface area contributed by atoms with Crippen LogP contribution in [-0.2, 0) is 0 Å². The first-order chi connectivity index (χ1) is 7.84. The lowest BCUT2D eigenvalue weighted by Gasteiger charge is -2.21. The smallest absolute Gasteiger partial charge is 0.0956 e. The van der Waals surface area contributed by atoms with Gasteiger partial charge in [-0.15, -0.1) is 0 Å². The van der Waals surface area contributed by atoms with Crippen LogP contribution in [-0.4, -0.2) is 35.2 Å². The van der Waals surface area contributed by atoms with Crippen LogP contribution >= 0.6 is 0 Å². The normalized spacial score (nSPS) is 17.7. The fraction of sp³-hybridized carbons (Fsp3) is 0.308. The summed E-state index contributed by atoms with van der Waals surface area (Å²) >= 11 is 0. The predicted molar refractivity (Wildman–Crippen MR) is 66.2 cm³/mol. The van der Waals surface area contributed by atoms with Crippen molar-refractivity contribution in [2.75, 3.05) is 20.1 Å². The maximum atomic E-state index is 4.43. The average Bonchev–Trinajstić information content (AvgIpc) is 2.74. The van der Waals surface area contributed by atoms with Crippen LogP contribution in [0.2, 0.25) is 0 Å². The van der Waals surface area contributed by atoms with Gasteiger partial charge in [0.1, 0.15) is 0 Å². The molecular formula is C13H15N3. The molecule has 3 rings (SSSR count). The Labute approximate surface area is 94.8 Å². The van der Waals surface area contributed by atoms with Gasteiger partial charge in [0.15, 0.2) is 0 Å². The molecule has 2 heterocycles. The van der Waals surface area contributed by atoms with Crippen molar-refractivity contribution in [3.05, 3.63) is 36.0 Å². The molecule has 2 aromatic rings. The van der Waals surface area contributed by atoms with Crippen LogP contribution < -0.4 is 0 Å². The van der Waals surface area contributed by atoms with Crippen molar-refractivity contribution in [1.29, 1.82) is 0 Å². The van der Waals surface area contributed by atoms with Crippen molar-refractivity contribution >= 4 is 16.5 Å². The molecule has 1 aliphatic heterocycles. The Hall–Kier alpha value is -1.61. The minimum atomic E-state index is 1.02. The highest BCUT2D eigenvalue weighted by Gasteiger charge is 2.14. The maximum Gasteiger partial charge on any atom is 0.0956 e. The van der Waals surface area contributed by atoms with Crippen LogP contribution in [0.15, 0.2) is 30.3 Å². The third-order valence-corrected chi connectivity index (χ3v) is 3.19. The molecule has 0 fully saturated rings. The van der Waals surface area contributed by atoms with E-state index in [2.05, 4.69) is 46.4 Å². The largest absolute Gasteiger partial charge is 0.302 e. The SMILES string of the molecule is CN1CC=C(c2n[nH]c3ccccc23)CC1. The number of hydrogen-bond donors (Lipinski definition) is 1. The minimum Gasteiger partial charge on any atom is -0.302 e. The topological polar surface area (TPSA) is 31.9 Å². The quantitative estimate of drug-likeness (QED) is 0.788. The Morgan fingerprint density at radius 1 is 1.31 bits per heavy atom. The lowest BCUT2D eigenvalue weighted by molar-refractivity contribution is 0.370. The van der Waals surface area contributed by atoms with Crippen molar-refractivity contribution in [2.45, 2.75) is 6.42 Å². The standard InChI is InChI=1S/C13H15N3/c1-16-8-6-10(7-9-16)13-11-4-2-3-5-12(11)14-15-13/h2-6H,7-9H2,1H3,(H,14,15). The lowest BCUT2D eigenvalue weighted by atomic mass is 10.0. The van der Waals surface area contributed by atoms with Gasteiger partial charge >= 0.3 is 0 Å². The van der Waals surface area contributed by atoms with Gasteiger partial charge in [-0.25, -0.2) is 0 Å². The molecule has 1 aromatic carbocycles. The molecule has 82 valence electrons. The molecule has 0 atom stereocenters. The number of nitrogens with one attached hydrogen (secondary N) is 1. The second kappa shape index (κ2) is 3.76. The molecule has 0 saturated carbocycles. The molecule has 16 heavy (non-hydrogen) atoms. The van der Waals surface area contributed by atoms with Gasteiger partial charge in [-0.2, -0.15) is 5.10 Å². The van der Waals surface area contributed by atoms with Crippen molar-refractivity contribution in [2.24, 2.45) is 0 Å². The molecule has 1 aliphatic rings. The van der Waals surface area contributed by atoms with E-state index < -0.39 is 0 Å². The summed E-state index contributed by atoms with van der Waals surface area (Å²) in [5, 5.41) is 8.76. The van der Waals surface area contributed by atoms with Gasteiger partial charge in [0.05, 0.1) is 11.2 Å². The number of aromatic nitrogens is 2. The summed E-state index contributed by atoms with van der Waals surface area (Å²) in [6.07, 6.45) is 3.37. The zero-order valence-electron chi connectivity index (χ0n) is 9.40. The van der Waals surface area contributed by atoms with E-state index in [-0.39, 0.29) is 0 Å². The van der Waals surface area contributed by atoms with E-state index in [0.29, 0.717) is 0 Å². The second-order valence-corrected chi connectivity index (χ2v) is 4.36. The van der Waals surface area contributed by atoms with Crippen molar-refractivity contribution in [1.82, 2.24) is 15.1 Å². The number of H-pyrrole nitrogens is 1. The van der Waals surface area contributed by atoms with E-state index in [1.807, 2.05) is 6.07 Å². The van der Waals surface area contributed by atoms with Crippen LogP contribution in [0.1, 0.15) is 12.1 Å². The van der Waals surface area contributed by atoms with Gasteiger partial charge in [-0.05, 0) is 25.1 Å². The fourth-order valence-corrected chi connectivity index (χ4v) is 2.19. The molecule has 0 aliphatic carbocycles. The van der Waals surface area contributed by atoms with E-state index in [1.165, 1.54) is 11.0 Å². The number of likely N-dealkylation sites (N-methyl/N-ethyl adjacent to an activating group) is 1. The summed E-state index contributed by atoms with van der Waals surface area (Å²) in [7, 11) is 2.15. The minimum absolute atomic E-state index is 1.02. The number of fused-ring (bicyclic) bond motifs is 1. The Kier molecular flexibility index (Phi) is 2.26. The zero-order chi connectivity index (χ0) is 11.0. The lowest BCUT2D eigenvalue weighted by Crippen LogP contribution is -2.23. The number of nitrogens with zero attached hydrogens (tertiary/aromatic N) is 2. The summed E-state index contributed by atoms with van der Waals surface area (Å²) in [5.41, 5.74) is 3.62. The van der Waals surface area contributed by atoms with Crippen LogP contribution in [0, 0.1) is 0 Å². The third kappa shape index (κ3) is 1.53. The van der Waals surface area contributed by atoms with Crippen molar-refractivity contribution in [3.8, 4) is 0 Å². The van der Waals surface area contributed by atoms with Gasteiger partial charge < -0.3 is 4.90 Å². The van der Waals surface area contributed by atoms with Crippen LogP contribution in [0.25, 0.3) is 16.5 Å². The Balaban J connectivity index is 2.06. The van der Waals surface area contributed by atoms with Gasteiger partial charge in [0.25, 0.3) is 0 Å². The van der Waals surface area contributed by atoms with Crippen molar-refractivity contribution < 1.29 is 0 Å². The first kappa shape index (κ1) is 9.60. The summed E-state index contributed by atoms with van der Waals surface area (Å²) in [6.45, 7) is 2.14. The van der Waals surface area contributed by atoms with Gasteiger partial charge in [-0.3, -0.25) is 5.10 Å². The fourth-order valence-electron chi connectivity index (χ4n) is 2.19. The molecule has 0 amide bonds. The van der Waals surface area contributed by atoms with Crippen LogP contribution in [0.4, 0.5) is 0 Å². The zero-order valence-corrected chi connectivity index (χ0v) is 9.40. The van der Waals surface area contributed by atoms with Crippen LogP contribution in [0.5, 0.6) is 0 Å². The summed E-state index contributed by atoms with van der Waals surface area (Å²) in [6, 6.07) is 8.30. The number of aromatic amines is 1. The summed E-state index contributed by atoms with van der Waals surface area (Å²) in [5.74, 6) is 0. The third-order valence-electron chi connectivity index (χ3n) is 3.19. The Bertz CT molecular complexity index is 539. The monoisotopic (exact) mass is 213 g/mol. The van der Waals surface area contributed by atoms with Crippen LogP contribution in [0.3, 0.4) is 0 Å². The average molecular weight is 213 g/mol. The molecular weight excluding hydrogens is 198 g/mol. The van der Waals surface area contributed by atoms with E-state index in [1.54, 1.807) is 0 Å². The van der Waals surface area contributed by atoms with E-state index in [9.17, 15) is 0 Å². The molecule has 1 N–H and O–H groups in total. The summed E-state index contributed by atoms with van der Waals surface area (Å²) < 4.78 is 0. The number of benzene rings is 1. The highest BCUT2D eigenvalue weighted by molar-refractivity contribution is 5.90. The summed E-state index contributed by atoms with van der Waals surface area (Å²) in [4.78, 5) is 2.32. The molecule has 0 radical (unpaired) electrons. The predicted octanol–water partition coefficient (Wildman–Crippen LogP) is 2.28. The highest BCUT2D eigenvalue weighted by atomic mass is 15.1. The van der Waals surface area contributed by atoms with E-state index >= 15 is 0 Å². The molecule has 0 spiro atoms. The first-order valence-corrected chi connectivity index (χ1v) is 5.65. The molecule has 0 bridgehead atoms. The number of rotatable bonds is 1. The number of hydrogen-bond acceptors (Lipinski definition) is 2. The maximum absolute atomic E-state index is 4.43. The number of para-hydroxylation sites is 1.